The van der Waals surface area contributed by atoms with E-state index in [0.29, 0.717) is 11.4 Å². The van der Waals surface area contributed by atoms with Gasteiger partial charge in [-0.15, -0.1) is 0 Å². The van der Waals surface area contributed by atoms with Gasteiger partial charge in [-0.1, -0.05) is 108 Å². The molecule has 0 saturated carbocycles. The molecule has 0 N–H and O–H groups in total. The smallest absolute Gasteiger partial charge is 0.184 e. The lowest BCUT2D eigenvalue weighted by molar-refractivity contribution is 0.590. The van der Waals surface area contributed by atoms with E-state index in [4.69, 9.17) is 13.1 Å². The average molecular weight is 647 g/mol. The van der Waals surface area contributed by atoms with E-state index >= 15 is 0 Å². The first-order valence-corrected chi connectivity index (χ1v) is 17.1. The molecule has 8 rings (SSSR count). The van der Waals surface area contributed by atoms with Gasteiger partial charge in [0.2, 0.25) is 0 Å². The minimum atomic E-state index is -0.0138. The minimum absolute atomic E-state index is 0.0138. The fraction of sp³-hybridized carbons (Fsp3) is 0.174. The normalized spacial score (nSPS) is 12.2. The zero-order valence-corrected chi connectivity index (χ0v) is 29.3. The standard InChI is InChI=1S/C46H38N4/c1-45(2,3)29-18-22-41-35(24-29)36-25-30(46(4,5)6)19-23-42(36)50(41)44-28-43-38(27-37(44)33-21-20-31(47-7)26-39(33)48-8)34-16-12-13-17-40(34)49(43)32-14-10-9-11-15-32/h9-28H,1-6H3. The van der Waals surface area contributed by atoms with Crippen molar-refractivity contribution in [2.45, 2.75) is 52.4 Å². The summed E-state index contributed by atoms with van der Waals surface area (Å²) in [6.07, 6.45) is 0. The van der Waals surface area contributed by atoms with E-state index in [0.717, 1.165) is 55.3 Å². The molecule has 6 aromatic carbocycles. The van der Waals surface area contributed by atoms with Gasteiger partial charge in [0.15, 0.2) is 11.4 Å². The van der Waals surface area contributed by atoms with Crippen LogP contribution in [0.1, 0.15) is 52.7 Å². The predicted octanol–water partition coefficient (Wildman–Crippen LogP) is 13.2. The number of hydrogen-bond donors (Lipinski definition) is 0. The molecular weight excluding hydrogens is 609 g/mol. The molecule has 4 heteroatoms. The maximum atomic E-state index is 8.20. The maximum Gasteiger partial charge on any atom is 0.184 e. The van der Waals surface area contributed by atoms with E-state index in [1.807, 2.05) is 12.1 Å². The Morgan fingerprint density at radius 2 is 1.04 bits per heavy atom. The molecule has 0 bridgehead atoms. The molecule has 8 aromatic rings. The van der Waals surface area contributed by atoms with Gasteiger partial charge in [-0.2, -0.15) is 0 Å². The number of rotatable bonds is 3. The summed E-state index contributed by atoms with van der Waals surface area (Å²) in [5.41, 5.74) is 11.8. The number of hydrogen-bond acceptors (Lipinski definition) is 0. The van der Waals surface area contributed by atoms with E-state index < -0.39 is 0 Å². The van der Waals surface area contributed by atoms with Crippen molar-refractivity contribution >= 4 is 55.0 Å². The monoisotopic (exact) mass is 646 g/mol. The van der Waals surface area contributed by atoms with Crippen LogP contribution in [0.4, 0.5) is 11.4 Å². The number of fused-ring (bicyclic) bond motifs is 6. The van der Waals surface area contributed by atoms with Crippen LogP contribution >= 0.6 is 0 Å². The second kappa shape index (κ2) is 11.2. The highest BCUT2D eigenvalue weighted by molar-refractivity contribution is 6.14. The summed E-state index contributed by atoms with van der Waals surface area (Å²) in [4.78, 5) is 7.62. The molecular formula is C46H38N4. The van der Waals surface area contributed by atoms with Crippen molar-refractivity contribution < 1.29 is 0 Å². The van der Waals surface area contributed by atoms with E-state index in [9.17, 15) is 0 Å². The third-order valence-corrected chi connectivity index (χ3v) is 10.1. The van der Waals surface area contributed by atoms with Gasteiger partial charge < -0.3 is 9.13 Å². The van der Waals surface area contributed by atoms with Crippen molar-refractivity contribution in [3.8, 4) is 22.5 Å². The molecule has 0 atom stereocenters. The Kier molecular flexibility index (Phi) is 7.00. The van der Waals surface area contributed by atoms with Crippen molar-refractivity contribution in [3.63, 3.8) is 0 Å². The molecule has 0 aliphatic heterocycles. The highest BCUT2D eigenvalue weighted by Gasteiger charge is 2.24. The van der Waals surface area contributed by atoms with Crippen molar-refractivity contribution in [2.75, 3.05) is 0 Å². The summed E-state index contributed by atoms with van der Waals surface area (Å²) in [5, 5.41) is 4.68. The van der Waals surface area contributed by atoms with Gasteiger partial charge in [-0.3, -0.25) is 0 Å². The predicted molar refractivity (Wildman–Crippen MR) is 210 cm³/mol. The van der Waals surface area contributed by atoms with Crippen LogP contribution in [-0.2, 0) is 10.8 Å². The first-order chi connectivity index (χ1) is 24.0. The molecule has 50 heavy (non-hydrogen) atoms. The fourth-order valence-electron chi connectivity index (χ4n) is 7.39. The Morgan fingerprint density at radius 3 is 1.64 bits per heavy atom. The first kappa shape index (κ1) is 31.2. The third kappa shape index (κ3) is 4.88. The second-order valence-electron chi connectivity index (χ2n) is 15.3. The number of nitrogens with zero attached hydrogens (tertiary/aromatic N) is 4. The first-order valence-electron chi connectivity index (χ1n) is 17.1. The highest BCUT2D eigenvalue weighted by Crippen LogP contribution is 2.45. The Balaban J connectivity index is 1.58. The van der Waals surface area contributed by atoms with Gasteiger partial charge in [0.05, 0.1) is 40.9 Å². The molecule has 0 amide bonds. The molecule has 0 aliphatic rings. The van der Waals surface area contributed by atoms with E-state index in [1.165, 1.54) is 21.9 Å². The lowest BCUT2D eigenvalue weighted by Crippen LogP contribution is -2.10. The van der Waals surface area contributed by atoms with Crippen LogP contribution in [0.2, 0.25) is 0 Å². The quantitative estimate of drug-likeness (QED) is 0.170. The van der Waals surface area contributed by atoms with E-state index in [-0.39, 0.29) is 10.8 Å². The summed E-state index contributed by atoms with van der Waals surface area (Å²) >= 11 is 0. The Bertz CT molecular complexity index is 2660. The molecule has 2 aromatic heterocycles. The average Bonchev–Trinajstić information content (AvgIpc) is 3.62. The van der Waals surface area contributed by atoms with E-state index in [2.05, 4.69) is 163 Å². The zero-order chi connectivity index (χ0) is 34.9. The Hall–Kier alpha value is -6.10. The SMILES string of the molecule is [C-]#[N+]c1ccc(-c2cc3c4ccccc4n(-c4ccccc4)c3cc2-n2c3ccc(C(C)(C)C)cc3c3cc(C(C)(C)C)ccc32)c([N+]#[C-])c1. The van der Waals surface area contributed by atoms with Gasteiger partial charge in [0.25, 0.3) is 0 Å². The number of benzene rings is 6. The molecule has 0 fully saturated rings. The summed E-state index contributed by atoms with van der Waals surface area (Å²) in [5.74, 6) is 0. The van der Waals surface area contributed by atoms with Gasteiger partial charge in [0.1, 0.15) is 0 Å². The van der Waals surface area contributed by atoms with Crippen LogP contribution < -0.4 is 0 Å². The Morgan fingerprint density at radius 1 is 0.460 bits per heavy atom. The summed E-state index contributed by atoms with van der Waals surface area (Å²) in [6.45, 7) is 29.4. The Labute approximate surface area is 293 Å². The van der Waals surface area contributed by atoms with E-state index in [1.54, 1.807) is 6.07 Å². The van der Waals surface area contributed by atoms with Gasteiger partial charge in [-0.25, -0.2) is 9.69 Å². The van der Waals surface area contributed by atoms with Gasteiger partial charge in [-0.05, 0) is 87.7 Å². The summed E-state index contributed by atoms with van der Waals surface area (Å²) in [7, 11) is 0. The zero-order valence-electron chi connectivity index (χ0n) is 29.3. The van der Waals surface area contributed by atoms with Crippen LogP contribution in [-0.4, -0.2) is 9.13 Å². The van der Waals surface area contributed by atoms with Crippen LogP contribution in [0.3, 0.4) is 0 Å². The number of aromatic nitrogens is 2. The maximum absolute atomic E-state index is 8.20. The van der Waals surface area contributed by atoms with Gasteiger partial charge >= 0.3 is 0 Å². The van der Waals surface area contributed by atoms with Crippen LogP contribution in [0, 0.1) is 13.1 Å². The fourth-order valence-corrected chi connectivity index (χ4v) is 7.39. The molecule has 0 unspecified atom stereocenters. The third-order valence-electron chi connectivity index (χ3n) is 10.1. The van der Waals surface area contributed by atoms with Crippen LogP contribution in [0.5, 0.6) is 0 Å². The molecule has 0 saturated heterocycles. The molecule has 0 aliphatic carbocycles. The molecule has 0 spiro atoms. The topological polar surface area (TPSA) is 18.6 Å². The van der Waals surface area contributed by atoms with Crippen molar-refractivity contribution in [3.05, 3.63) is 155 Å². The van der Waals surface area contributed by atoms with Gasteiger partial charge in [0, 0.05) is 27.2 Å². The molecule has 0 radical (unpaired) electrons. The van der Waals surface area contributed by atoms with Crippen LogP contribution in [0.25, 0.3) is 75.8 Å². The highest BCUT2D eigenvalue weighted by atomic mass is 15.0. The largest absolute Gasteiger partial charge is 0.309 e. The lowest BCUT2D eigenvalue weighted by Gasteiger charge is -2.20. The van der Waals surface area contributed by atoms with Crippen molar-refractivity contribution in [1.29, 1.82) is 0 Å². The lowest BCUT2D eigenvalue weighted by atomic mass is 9.85. The molecule has 4 nitrogen and oxygen atoms in total. The van der Waals surface area contributed by atoms with Crippen molar-refractivity contribution in [1.82, 2.24) is 9.13 Å². The second-order valence-corrected chi connectivity index (χ2v) is 15.3. The molecule has 2 heterocycles. The van der Waals surface area contributed by atoms with Crippen molar-refractivity contribution in [2.24, 2.45) is 0 Å². The van der Waals surface area contributed by atoms with Crippen LogP contribution in [0.15, 0.2) is 121 Å². The summed E-state index contributed by atoms with van der Waals surface area (Å²) < 4.78 is 4.74. The molecule has 242 valence electrons. The minimum Gasteiger partial charge on any atom is -0.309 e. The number of para-hydroxylation sites is 2. The summed E-state index contributed by atoms with van der Waals surface area (Å²) in [6, 6.07) is 42.9.